The minimum Gasteiger partial charge on any atom is -0.384 e. The van der Waals surface area contributed by atoms with Gasteiger partial charge in [0.05, 0.1) is 0 Å². The third kappa shape index (κ3) is 12.6. The Morgan fingerprint density at radius 3 is 1.51 bits per heavy atom. The molecular weight excluding hydrogens is 1010 g/mol. The summed E-state index contributed by atoms with van der Waals surface area (Å²) in [6.45, 7) is 4.82. The number of primary amides is 1. The predicted octanol–water partition coefficient (Wildman–Crippen LogP) is 6.30. The van der Waals surface area contributed by atoms with Crippen LogP contribution in [0, 0.1) is 17.5 Å². The fourth-order valence-corrected chi connectivity index (χ4v) is 7.37. The van der Waals surface area contributed by atoms with Gasteiger partial charge in [0.15, 0.2) is 5.78 Å². The van der Waals surface area contributed by atoms with E-state index in [9.17, 15) is 46.7 Å². The van der Waals surface area contributed by atoms with Crippen molar-refractivity contribution in [2.75, 3.05) is 11.1 Å². The second-order valence-electron chi connectivity index (χ2n) is 15.9. The molecule has 2 unspecified atom stereocenters. The number of aromatic nitrogens is 7. The van der Waals surface area contributed by atoms with Crippen molar-refractivity contribution in [2.24, 2.45) is 5.73 Å². The van der Waals surface area contributed by atoms with E-state index in [0.717, 1.165) is 0 Å². The summed E-state index contributed by atoms with van der Waals surface area (Å²) >= 11 is 11.2. The number of benzene rings is 3. The van der Waals surface area contributed by atoms with Crippen molar-refractivity contribution >= 4 is 64.0 Å². The molecule has 10 rings (SSSR count). The maximum atomic E-state index is 13.3. The highest BCUT2D eigenvalue weighted by Gasteiger charge is 2.42. The Labute approximate surface area is 427 Å². The predicted molar refractivity (Wildman–Crippen MR) is 268 cm³/mol. The minimum atomic E-state index is -1.12. The highest BCUT2D eigenvalue weighted by atomic mass is 35.5. The maximum absolute atomic E-state index is 13.3. The van der Waals surface area contributed by atoms with Crippen LogP contribution in [0.2, 0.25) is 10.0 Å². The molecule has 19 nitrogen and oxygen atoms in total. The number of nitrogen functional groups attached to an aromatic ring is 1. The van der Waals surface area contributed by atoms with Gasteiger partial charge in [-0.15, -0.1) is 0 Å². The van der Waals surface area contributed by atoms with E-state index in [0.29, 0.717) is 28.3 Å². The molecule has 2 atom stereocenters. The molecule has 8 N–H and O–H groups in total. The zero-order valence-electron chi connectivity index (χ0n) is 38.9. The van der Waals surface area contributed by atoms with Crippen molar-refractivity contribution in [3.05, 3.63) is 239 Å². The van der Waals surface area contributed by atoms with Crippen LogP contribution >= 0.6 is 23.2 Å². The maximum Gasteiger partial charge on any atom is 0.277 e. The molecule has 5 aromatic heterocycles. The number of H-pyrrole nitrogens is 1. The summed E-state index contributed by atoms with van der Waals surface area (Å²) in [7, 11) is 0. The number of hydrogen-bond donors (Lipinski definition) is 6. The molecule has 0 saturated carbocycles. The number of amides is 3. The Bertz CT molecular complexity index is 3540. The van der Waals surface area contributed by atoms with E-state index < -0.39 is 39.7 Å². The highest BCUT2D eigenvalue weighted by Crippen LogP contribution is 2.31. The second-order valence-corrected chi connectivity index (χ2v) is 16.7. The first kappa shape index (κ1) is 54.1. The molecule has 2 aliphatic rings. The molecule has 378 valence electrons. The van der Waals surface area contributed by atoms with Gasteiger partial charge in [-0.2, -0.15) is 0 Å². The van der Waals surface area contributed by atoms with E-state index in [1.807, 2.05) is 0 Å². The van der Waals surface area contributed by atoms with Crippen LogP contribution in [0.4, 0.5) is 30.5 Å². The van der Waals surface area contributed by atoms with E-state index in [2.05, 4.69) is 40.9 Å². The summed E-state index contributed by atoms with van der Waals surface area (Å²) in [6.07, 6.45) is 5.92. The van der Waals surface area contributed by atoms with Gasteiger partial charge in [-0.1, -0.05) is 47.5 Å². The van der Waals surface area contributed by atoms with Gasteiger partial charge in [0.25, 0.3) is 34.4 Å². The highest BCUT2D eigenvalue weighted by molar-refractivity contribution is 6.30. The van der Waals surface area contributed by atoms with Crippen LogP contribution in [-0.4, -0.2) is 57.6 Å². The monoisotopic (exact) mass is 1050 g/mol. The van der Waals surface area contributed by atoms with Crippen molar-refractivity contribution in [1.82, 2.24) is 44.7 Å². The van der Waals surface area contributed by atoms with Crippen molar-refractivity contribution in [3.63, 3.8) is 0 Å². The van der Waals surface area contributed by atoms with Gasteiger partial charge in [0, 0.05) is 18.0 Å². The summed E-state index contributed by atoms with van der Waals surface area (Å²) in [4.78, 5) is 98.9. The summed E-state index contributed by atoms with van der Waals surface area (Å²) in [6, 6.07) is 28.7. The Balaban J connectivity index is 0.000000163. The molecule has 3 amide bonds. The SMILES string of the molecule is CC(=O)c1ccc(F)cc1.CC1(c2ccc(F)cc2)NC(=O)c2ccc(Cl)c(=O)n21.CC1(c2ccc(F)cc2)NC(=O)c2ccc(Nc3ccncn3)c(=O)n21.NC(=O)c1ccc(Cl)c(=O)[nH]1.Nc1ccncn1. The van der Waals surface area contributed by atoms with Gasteiger partial charge in [0.2, 0.25) is 0 Å². The van der Waals surface area contributed by atoms with E-state index in [1.165, 1.54) is 120 Å². The van der Waals surface area contributed by atoms with E-state index in [-0.39, 0.29) is 62.0 Å². The largest absolute Gasteiger partial charge is 0.384 e. The Morgan fingerprint density at radius 1 is 0.608 bits per heavy atom. The first-order chi connectivity index (χ1) is 35.1. The van der Waals surface area contributed by atoms with Gasteiger partial charge in [-0.3, -0.25) is 42.7 Å². The molecule has 0 fully saturated rings. The molecular formula is C50H41Cl2F3N12O7. The zero-order chi connectivity index (χ0) is 53.9. The van der Waals surface area contributed by atoms with Crippen LogP contribution in [0.15, 0.2) is 161 Å². The van der Waals surface area contributed by atoms with E-state index >= 15 is 0 Å². The van der Waals surface area contributed by atoms with Crippen LogP contribution in [0.5, 0.6) is 0 Å². The number of nitrogens with zero attached hydrogens (tertiary/aromatic N) is 6. The molecule has 0 radical (unpaired) electrons. The van der Waals surface area contributed by atoms with Crippen LogP contribution in [-0.2, 0) is 11.3 Å². The summed E-state index contributed by atoms with van der Waals surface area (Å²) in [5.74, 6) is -1.60. The van der Waals surface area contributed by atoms with Crippen molar-refractivity contribution in [2.45, 2.75) is 32.1 Å². The van der Waals surface area contributed by atoms with E-state index in [4.69, 9.17) is 34.7 Å². The third-order valence-corrected chi connectivity index (χ3v) is 11.4. The Morgan fingerprint density at radius 2 is 1.08 bits per heavy atom. The van der Waals surface area contributed by atoms with Crippen LogP contribution < -0.4 is 44.1 Å². The molecule has 3 aromatic carbocycles. The lowest BCUT2D eigenvalue weighted by Gasteiger charge is -2.28. The lowest BCUT2D eigenvalue weighted by atomic mass is 10.0. The normalized spacial score (nSPS) is 15.5. The Kier molecular flexibility index (Phi) is 17.0. The molecule has 0 bridgehead atoms. The molecule has 0 aliphatic carbocycles. The van der Waals surface area contributed by atoms with Crippen molar-refractivity contribution in [1.29, 1.82) is 0 Å². The molecule has 8 aromatic rings. The number of nitrogens with two attached hydrogens (primary N) is 2. The standard InChI is InChI=1S/C18H14FN5O2.C14H10ClFN2O2.C8H7FO.C6H5ClN2O2.C4H5N3/c1-18(11-2-4-12(19)5-3-11)23-16(25)14-7-6-13(17(26)24(14)18)22-15-8-9-20-10-21-15;1-14(8-2-4-9(16)5-3-8)17-12(19)11-7-6-10(15)13(20)18(11)14;1-6(10)7-2-4-8(9)5-3-7;7-3-1-2-4(5(8)10)9-6(3)11;5-4-1-2-6-3-7-4/h2-10H,1H3,(H,23,25)(H,20,21,22);2-7H,1H3,(H,17,19);2-5H,1H3;1-2H,(H2,8,10)(H,9,11);1-3H,(H2,5,6,7). The number of halogens is 5. The minimum absolute atomic E-state index is 0.0265. The zero-order valence-corrected chi connectivity index (χ0v) is 40.5. The van der Waals surface area contributed by atoms with Crippen molar-refractivity contribution in [3.8, 4) is 0 Å². The number of ketones is 1. The number of aromatic amines is 1. The van der Waals surface area contributed by atoms with E-state index in [1.54, 1.807) is 56.6 Å². The molecule has 2 aliphatic heterocycles. The average molecular weight is 1050 g/mol. The first-order valence-electron chi connectivity index (χ1n) is 21.5. The summed E-state index contributed by atoms with van der Waals surface area (Å²) < 4.78 is 41.2. The number of carbonyl (C=O) groups excluding carboxylic acids is 4. The van der Waals surface area contributed by atoms with Gasteiger partial charge in [-0.05, 0) is 129 Å². The summed E-state index contributed by atoms with van der Waals surface area (Å²) in [5, 5.41) is 8.55. The molecule has 7 heterocycles. The second kappa shape index (κ2) is 23.3. The number of rotatable bonds is 6. The van der Waals surface area contributed by atoms with Crippen LogP contribution in [0.1, 0.15) is 73.7 Å². The quantitative estimate of drug-likeness (QED) is 0.0998. The Hall–Kier alpha value is -9.28. The number of pyridine rings is 3. The van der Waals surface area contributed by atoms with Gasteiger partial charge in [0.1, 0.15) is 85.9 Å². The molecule has 0 saturated heterocycles. The van der Waals surface area contributed by atoms with Gasteiger partial charge in [-0.25, -0.2) is 33.1 Å². The first-order valence-corrected chi connectivity index (χ1v) is 22.2. The van der Waals surface area contributed by atoms with Gasteiger partial charge >= 0.3 is 0 Å². The van der Waals surface area contributed by atoms with Gasteiger partial charge < -0.3 is 32.4 Å². The summed E-state index contributed by atoms with van der Waals surface area (Å²) in [5.41, 5.74) is 9.01. The lowest BCUT2D eigenvalue weighted by Crippen LogP contribution is -2.45. The number of carbonyl (C=O) groups is 4. The number of fused-ring (bicyclic) bond motifs is 2. The lowest BCUT2D eigenvalue weighted by molar-refractivity contribution is 0.0932. The third-order valence-electron chi connectivity index (χ3n) is 10.8. The molecule has 24 heteroatoms. The number of Topliss-reactive ketones (excluding diaryl/α,β-unsaturated/α-hetero) is 1. The fraction of sp³-hybridized carbons (Fsp3) is 0.100. The van der Waals surface area contributed by atoms with Crippen LogP contribution in [0.3, 0.4) is 0 Å². The number of anilines is 3. The topological polar surface area (TPSA) is 285 Å². The van der Waals surface area contributed by atoms with Crippen molar-refractivity contribution < 1.29 is 32.3 Å². The molecule has 74 heavy (non-hydrogen) atoms. The fourth-order valence-electron chi connectivity index (χ4n) is 7.11. The molecule has 0 spiro atoms. The number of hydrogen-bond acceptors (Lipinski definition) is 13. The van der Waals surface area contributed by atoms with Crippen LogP contribution in [0.25, 0.3) is 0 Å². The average Bonchev–Trinajstić information content (AvgIpc) is 3.81. The smallest absolute Gasteiger partial charge is 0.277 e. The number of nitrogens with one attached hydrogen (secondary N) is 4.